The molecule has 0 spiro atoms. The first-order valence-corrected chi connectivity index (χ1v) is 10.7. The molecule has 0 bridgehead atoms. The lowest BCUT2D eigenvalue weighted by Gasteiger charge is -2.18. The van der Waals surface area contributed by atoms with E-state index in [1.807, 2.05) is 37.3 Å². The highest BCUT2D eigenvalue weighted by atomic mass is 16.5. The van der Waals surface area contributed by atoms with E-state index in [2.05, 4.69) is 20.1 Å². The van der Waals surface area contributed by atoms with E-state index in [4.69, 9.17) is 20.6 Å². The number of benzene rings is 2. The lowest BCUT2D eigenvalue weighted by atomic mass is 9.90. The molecule has 4 rings (SSSR count). The molecule has 174 valence electrons. The number of nitrogen functional groups attached to an aromatic ring is 1. The van der Waals surface area contributed by atoms with E-state index in [9.17, 15) is 4.79 Å². The van der Waals surface area contributed by atoms with Crippen LogP contribution in [0.4, 0.5) is 0 Å². The van der Waals surface area contributed by atoms with E-state index >= 15 is 0 Å². The highest BCUT2D eigenvalue weighted by Gasteiger charge is 2.23. The van der Waals surface area contributed by atoms with E-state index in [0.717, 1.165) is 15.8 Å². The number of amidine groups is 1. The molecule has 4 N–H and O–H groups in total. The Labute approximate surface area is 195 Å². The summed E-state index contributed by atoms with van der Waals surface area (Å²) in [6, 6.07) is 14.7. The second-order valence-corrected chi connectivity index (χ2v) is 7.49. The van der Waals surface area contributed by atoms with Gasteiger partial charge in [0.05, 0.1) is 13.7 Å². The summed E-state index contributed by atoms with van der Waals surface area (Å²) >= 11 is 0. The molecule has 2 aromatic heterocycles. The molecule has 2 heterocycles. The van der Waals surface area contributed by atoms with Crippen LogP contribution in [0.3, 0.4) is 0 Å². The average molecular weight is 460 g/mol. The van der Waals surface area contributed by atoms with E-state index < -0.39 is 5.69 Å². The smallest absolute Gasteiger partial charge is 0.350 e. The van der Waals surface area contributed by atoms with Crippen LogP contribution in [-0.2, 0) is 6.42 Å². The number of nitrogens with one attached hydrogen (secondary N) is 2. The Morgan fingerprint density at radius 1 is 1.15 bits per heavy atom. The van der Waals surface area contributed by atoms with Crippen LogP contribution in [-0.4, -0.2) is 44.3 Å². The van der Waals surface area contributed by atoms with Crippen LogP contribution in [0, 0.1) is 5.41 Å². The summed E-state index contributed by atoms with van der Waals surface area (Å²) in [6.07, 6.45) is 3.63. The van der Waals surface area contributed by atoms with E-state index in [0.29, 0.717) is 35.9 Å². The maximum Gasteiger partial charge on any atom is 0.350 e. The summed E-state index contributed by atoms with van der Waals surface area (Å²) in [7, 11) is 1.58. The Morgan fingerprint density at radius 2 is 1.88 bits per heavy atom. The van der Waals surface area contributed by atoms with Gasteiger partial charge in [-0.05, 0) is 42.7 Å². The number of hydrogen-bond donors (Lipinski definition) is 3. The standard InChI is InChI=1S/C24H25N7O3/c1-3-34-19-10-9-17(14-20(19)33-2)18(13-15-5-7-16(8-6-15)21(25)26)22-29-24(32)31(30-22)23-27-11-4-12-28-23/h4-12,14,18H,3,13H2,1-2H3,(H3,25,26)(H,29,30,32). The van der Waals surface area contributed by atoms with Crippen molar-refractivity contribution >= 4 is 5.84 Å². The molecule has 10 heteroatoms. The Hall–Kier alpha value is -4.47. The minimum Gasteiger partial charge on any atom is -0.493 e. The van der Waals surface area contributed by atoms with Crippen molar-refractivity contribution in [1.29, 1.82) is 5.41 Å². The van der Waals surface area contributed by atoms with Gasteiger partial charge < -0.3 is 15.2 Å². The van der Waals surface area contributed by atoms with E-state index in [1.165, 1.54) is 0 Å². The third-order valence-electron chi connectivity index (χ3n) is 5.30. The number of H-pyrrole nitrogens is 1. The lowest BCUT2D eigenvalue weighted by Crippen LogP contribution is -2.18. The van der Waals surface area contributed by atoms with Gasteiger partial charge in [-0.25, -0.2) is 14.8 Å². The van der Waals surface area contributed by atoms with Crippen LogP contribution < -0.4 is 20.9 Å². The molecule has 0 saturated carbocycles. The van der Waals surface area contributed by atoms with Crippen LogP contribution in [0.5, 0.6) is 11.5 Å². The highest BCUT2D eigenvalue weighted by molar-refractivity contribution is 5.94. The number of rotatable bonds is 9. The van der Waals surface area contributed by atoms with E-state index in [1.54, 1.807) is 37.7 Å². The summed E-state index contributed by atoms with van der Waals surface area (Å²) in [5.74, 6) is 1.55. The molecule has 4 aromatic rings. The normalized spacial score (nSPS) is 11.7. The third-order valence-corrected chi connectivity index (χ3v) is 5.30. The van der Waals surface area contributed by atoms with Gasteiger partial charge in [-0.3, -0.25) is 10.4 Å². The Morgan fingerprint density at radius 3 is 2.53 bits per heavy atom. The zero-order valence-electron chi connectivity index (χ0n) is 18.9. The first-order chi connectivity index (χ1) is 16.5. The molecule has 0 radical (unpaired) electrons. The van der Waals surface area contributed by atoms with Crippen molar-refractivity contribution in [3.63, 3.8) is 0 Å². The highest BCUT2D eigenvalue weighted by Crippen LogP contribution is 2.34. The second-order valence-electron chi connectivity index (χ2n) is 7.49. The fourth-order valence-corrected chi connectivity index (χ4v) is 3.64. The van der Waals surface area contributed by atoms with Crippen LogP contribution in [0.15, 0.2) is 65.7 Å². The molecule has 1 unspecified atom stereocenters. The number of ether oxygens (including phenoxy) is 2. The molecule has 2 aromatic carbocycles. The fourth-order valence-electron chi connectivity index (χ4n) is 3.64. The number of hydrogen-bond acceptors (Lipinski definition) is 7. The molecule has 1 atom stereocenters. The maximum absolute atomic E-state index is 12.7. The van der Waals surface area contributed by atoms with Crippen molar-refractivity contribution in [3.05, 3.63) is 93.9 Å². The van der Waals surface area contributed by atoms with Crippen molar-refractivity contribution in [3.8, 4) is 17.4 Å². The molecule has 0 aliphatic carbocycles. The maximum atomic E-state index is 12.7. The van der Waals surface area contributed by atoms with Crippen LogP contribution in [0.1, 0.15) is 35.4 Å². The van der Waals surface area contributed by atoms with Gasteiger partial charge in [0.1, 0.15) is 11.7 Å². The molecular weight excluding hydrogens is 434 g/mol. The number of aromatic nitrogens is 5. The molecule has 0 fully saturated rings. The average Bonchev–Trinajstić information content (AvgIpc) is 3.25. The molecule has 0 saturated heterocycles. The molecule has 0 amide bonds. The third kappa shape index (κ3) is 4.80. The van der Waals surface area contributed by atoms with Gasteiger partial charge in [0.15, 0.2) is 11.5 Å². The zero-order chi connectivity index (χ0) is 24.1. The van der Waals surface area contributed by atoms with Gasteiger partial charge in [0.2, 0.25) is 0 Å². The molecule has 0 aliphatic rings. The monoisotopic (exact) mass is 459 g/mol. The number of nitrogens with two attached hydrogens (primary N) is 1. The molecular formula is C24H25N7O3. The van der Waals surface area contributed by atoms with Crippen LogP contribution in [0.25, 0.3) is 5.95 Å². The summed E-state index contributed by atoms with van der Waals surface area (Å²) in [4.78, 5) is 23.8. The Kier molecular flexibility index (Phi) is 6.67. The van der Waals surface area contributed by atoms with E-state index in [-0.39, 0.29) is 17.7 Å². The van der Waals surface area contributed by atoms with Crippen LogP contribution in [0.2, 0.25) is 0 Å². The Bertz CT molecular complexity index is 1330. The topological polar surface area (TPSA) is 145 Å². The lowest BCUT2D eigenvalue weighted by molar-refractivity contribution is 0.310. The van der Waals surface area contributed by atoms with Gasteiger partial charge in [-0.1, -0.05) is 30.3 Å². The largest absolute Gasteiger partial charge is 0.493 e. The van der Waals surface area contributed by atoms with Crippen molar-refractivity contribution < 1.29 is 9.47 Å². The molecule has 34 heavy (non-hydrogen) atoms. The first kappa shape index (κ1) is 22.7. The number of methoxy groups -OCH3 is 1. The Balaban J connectivity index is 1.77. The van der Waals surface area contributed by atoms with Gasteiger partial charge in [-0.2, -0.15) is 0 Å². The van der Waals surface area contributed by atoms with Crippen molar-refractivity contribution in [1.82, 2.24) is 24.7 Å². The summed E-state index contributed by atoms with van der Waals surface area (Å²) in [6.45, 7) is 2.42. The molecule has 10 nitrogen and oxygen atoms in total. The second kappa shape index (κ2) is 9.99. The predicted molar refractivity (Wildman–Crippen MR) is 127 cm³/mol. The summed E-state index contributed by atoms with van der Waals surface area (Å²) in [5, 5.41) is 12.1. The van der Waals surface area contributed by atoms with Gasteiger partial charge in [-0.15, -0.1) is 9.78 Å². The first-order valence-electron chi connectivity index (χ1n) is 10.7. The van der Waals surface area contributed by atoms with Crippen molar-refractivity contribution in [2.75, 3.05) is 13.7 Å². The zero-order valence-corrected chi connectivity index (χ0v) is 18.9. The quantitative estimate of drug-likeness (QED) is 0.257. The minimum absolute atomic E-state index is 0.00489. The van der Waals surface area contributed by atoms with Gasteiger partial charge in [0, 0.05) is 23.9 Å². The number of nitrogens with zero attached hydrogens (tertiary/aromatic N) is 4. The summed E-state index contributed by atoms with van der Waals surface area (Å²) < 4.78 is 12.3. The molecule has 0 aliphatic heterocycles. The summed E-state index contributed by atoms with van der Waals surface area (Å²) in [5.41, 5.74) is 7.65. The fraction of sp³-hybridized carbons (Fsp3) is 0.208. The van der Waals surface area contributed by atoms with Gasteiger partial charge in [0.25, 0.3) is 5.95 Å². The SMILES string of the molecule is CCOc1ccc(C(Cc2ccc(C(=N)N)cc2)c2nn(-c3ncccn3)c(=O)[nH]2)cc1OC. The van der Waals surface area contributed by atoms with Crippen LogP contribution >= 0.6 is 0 Å². The van der Waals surface area contributed by atoms with Crippen molar-refractivity contribution in [2.24, 2.45) is 5.73 Å². The minimum atomic E-state index is -0.434. The van der Waals surface area contributed by atoms with Gasteiger partial charge >= 0.3 is 5.69 Å². The van der Waals surface area contributed by atoms with Crippen molar-refractivity contribution in [2.45, 2.75) is 19.3 Å². The predicted octanol–water partition coefficient (Wildman–Crippen LogP) is 2.42. The number of aromatic amines is 1.